The molecule has 0 bridgehead atoms. The molecule has 0 fully saturated rings. The minimum atomic E-state index is -3.70. The maximum absolute atomic E-state index is 12.4. The summed E-state index contributed by atoms with van der Waals surface area (Å²) in [4.78, 5) is 12.4. The fourth-order valence-electron chi connectivity index (χ4n) is 2.21. The zero-order valence-corrected chi connectivity index (χ0v) is 16.5. The van der Waals surface area contributed by atoms with Crippen LogP contribution < -0.4 is 9.62 Å². The first kappa shape index (κ1) is 19.8. The summed E-state index contributed by atoms with van der Waals surface area (Å²) >= 11 is 17.9. The van der Waals surface area contributed by atoms with Gasteiger partial charge in [0.2, 0.25) is 15.9 Å². The molecule has 0 saturated heterocycles. The molecule has 0 heterocycles. The topological polar surface area (TPSA) is 66.5 Å². The van der Waals surface area contributed by atoms with Crippen molar-refractivity contribution in [3.63, 3.8) is 0 Å². The van der Waals surface area contributed by atoms with Crippen LogP contribution in [0, 0.1) is 6.92 Å². The number of hydrogen-bond donors (Lipinski definition) is 1. The summed E-state index contributed by atoms with van der Waals surface area (Å²) < 4.78 is 25.3. The zero-order valence-electron chi connectivity index (χ0n) is 13.4. The molecule has 0 saturated carbocycles. The Morgan fingerprint density at radius 2 is 1.72 bits per heavy atom. The highest BCUT2D eigenvalue weighted by Gasteiger charge is 2.23. The molecule has 2 aromatic carbocycles. The number of benzene rings is 2. The number of nitrogens with one attached hydrogen (secondary N) is 1. The lowest BCUT2D eigenvalue weighted by molar-refractivity contribution is -0.114. The van der Waals surface area contributed by atoms with Crippen molar-refractivity contribution in [1.29, 1.82) is 0 Å². The number of anilines is 2. The van der Waals surface area contributed by atoms with Crippen LogP contribution in [0.2, 0.25) is 15.1 Å². The van der Waals surface area contributed by atoms with Gasteiger partial charge in [0.1, 0.15) is 6.54 Å². The molecule has 0 atom stereocenters. The standard InChI is InChI=1S/C16H15Cl3N2O3S/c1-10-8-11(17)6-7-14(10)21(25(2,23)24)9-15(22)20-16-12(18)4-3-5-13(16)19/h3-8H,9H2,1-2H3,(H,20,22). The maximum atomic E-state index is 12.4. The minimum absolute atomic E-state index is 0.233. The van der Waals surface area contributed by atoms with Crippen LogP contribution in [0.5, 0.6) is 0 Å². The first-order valence-electron chi connectivity index (χ1n) is 7.07. The lowest BCUT2D eigenvalue weighted by atomic mass is 10.2. The van der Waals surface area contributed by atoms with Crippen molar-refractivity contribution in [2.24, 2.45) is 0 Å². The van der Waals surface area contributed by atoms with Crippen LogP contribution in [-0.4, -0.2) is 27.1 Å². The molecule has 2 rings (SSSR count). The molecule has 9 heteroatoms. The van der Waals surface area contributed by atoms with Crippen molar-refractivity contribution < 1.29 is 13.2 Å². The lowest BCUT2D eigenvalue weighted by Crippen LogP contribution is -2.38. The van der Waals surface area contributed by atoms with Gasteiger partial charge in [-0.3, -0.25) is 9.10 Å². The largest absolute Gasteiger partial charge is 0.322 e. The number of halogens is 3. The van der Waals surface area contributed by atoms with E-state index in [-0.39, 0.29) is 15.7 Å². The van der Waals surface area contributed by atoms with Gasteiger partial charge in [-0.1, -0.05) is 40.9 Å². The summed E-state index contributed by atoms with van der Waals surface area (Å²) in [6.45, 7) is 1.28. The van der Waals surface area contributed by atoms with Gasteiger partial charge >= 0.3 is 0 Å². The van der Waals surface area contributed by atoms with E-state index in [1.165, 1.54) is 0 Å². The van der Waals surface area contributed by atoms with Gasteiger partial charge in [-0.25, -0.2) is 8.42 Å². The molecular formula is C16H15Cl3N2O3S. The highest BCUT2D eigenvalue weighted by Crippen LogP contribution is 2.30. The Bertz CT molecular complexity index is 897. The molecule has 0 spiro atoms. The molecule has 0 radical (unpaired) electrons. The van der Waals surface area contributed by atoms with Crippen LogP contribution in [0.4, 0.5) is 11.4 Å². The fourth-order valence-corrected chi connectivity index (χ4v) is 3.84. The van der Waals surface area contributed by atoms with Crippen LogP contribution in [0.1, 0.15) is 5.56 Å². The van der Waals surface area contributed by atoms with Crippen molar-refractivity contribution in [3.05, 3.63) is 57.0 Å². The van der Waals surface area contributed by atoms with E-state index in [0.29, 0.717) is 16.3 Å². The number of hydrogen-bond acceptors (Lipinski definition) is 3. The Morgan fingerprint density at radius 3 is 2.24 bits per heavy atom. The van der Waals surface area contributed by atoms with Crippen molar-refractivity contribution >= 4 is 62.1 Å². The van der Waals surface area contributed by atoms with Gasteiger partial charge in [-0.2, -0.15) is 0 Å². The summed E-state index contributed by atoms with van der Waals surface area (Å²) in [5.41, 5.74) is 1.23. The summed E-state index contributed by atoms with van der Waals surface area (Å²) in [6, 6.07) is 9.51. The van der Waals surface area contributed by atoms with Crippen molar-refractivity contribution in [1.82, 2.24) is 0 Å². The predicted octanol–water partition coefficient (Wildman–Crippen LogP) is 4.36. The van der Waals surface area contributed by atoms with E-state index < -0.39 is 22.5 Å². The van der Waals surface area contributed by atoms with Crippen molar-refractivity contribution in [3.8, 4) is 0 Å². The third-order valence-electron chi connectivity index (χ3n) is 3.34. The van der Waals surface area contributed by atoms with Crippen LogP contribution in [0.25, 0.3) is 0 Å². The molecular weight excluding hydrogens is 407 g/mol. The Balaban J connectivity index is 2.30. The second-order valence-corrected chi connectivity index (χ2v) is 8.50. The lowest BCUT2D eigenvalue weighted by Gasteiger charge is -2.24. The molecule has 2 aromatic rings. The molecule has 0 unspecified atom stereocenters. The van der Waals surface area contributed by atoms with Gasteiger partial charge in [-0.15, -0.1) is 0 Å². The SMILES string of the molecule is Cc1cc(Cl)ccc1N(CC(=O)Nc1c(Cl)cccc1Cl)S(C)(=O)=O. The number of sulfonamides is 1. The van der Waals surface area contributed by atoms with Gasteiger partial charge in [0.25, 0.3) is 0 Å². The molecule has 1 N–H and O–H groups in total. The van der Waals surface area contributed by atoms with Crippen LogP contribution >= 0.6 is 34.8 Å². The molecule has 25 heavy (non-hydrogen) atoms. The van der Waals surface area contributed by atoms with E-state index in [0.717, 1.165) is 10.6 Å². The van der Waals surface area contributed by atoms with E-state index in [9.17, 15) is 13.2 Å². The first-order chi connectivity index (χ1) is 11.6. The highest BCUT2D eigenvalue weighted by atomic mass is 35.5. The minimum Gasteiger partial charge on any atom is -0.322 e. The molecule has 1 amide bonds. The molecule has 0 aliphatic carbocycles. The number of amides is 1. The number of nitrogens with zero attached hydrogens (tertiary/aromatic N) is 1. The highest BCUT2D eigenvalue weighted by molar-refractivity contribution is 7.92. The molecule has 0 aliphatic rings. The van der Waals surface area contributed by atoms with E-state index in [2.05, 4.69) is 5.32 Å². The maximum Gasteiger partial charge on any atom is 0.245 e. The van der Waals surface area contributed by atoms with Gasteiger partial charge < -0.3 is 5.32 Å². The third-order valence-corrected chi connectivity index (χ3v) is 5.33. The predicted molar refractivity (Wildman–Crippen MR) is 103 cm³/mol. The second kappa shape index (κ2) is 7.83. The van der Waals surface area contributed by atoms with Gasteiger partial charge in [-0.05, 0) is 42.8 Å². The smallest absolute Gasteiger partial charge is 0.245 e. The number of aryl methyl sites for hydroxylation is 1. The van der Waals surface area contributed by atoms with Crippen molar-refractivity contribution in [2.45, 2.75) is 6.92 Å². The molecule has 134 valence electrons. The van der Waals surface area contributed by atoms with Gasteiger partial charge in [0.15, 0.2) is 0 Å². The number of rotatable bonds is 5. The molecule has 0 aromatic heterocycles. The van der Waals surface area contributed by atoms with Gasteiger partial charge in [0.05, 0.1) is 27.7 Å². The molecule has 5 nitrogen and oxygen atoms in total. The summed E-state index contributed by atoms with van der Waals surface area (Å²) in [5.74, 6) is -0.574. The number of carbonyl (C=O) groups is 1. The Hall–Kier alpha value is -1.47. The van der Waals surface area contributed by atoms with E-state index in [4.69, 9.17) is 34.8 Å². The molecule has 0 aliphatic heterocycles. The summed E-state index contributed by atoms with van der Waals surface area (Å²) in [5, 5.41) is 3.54. The summed E-state index contributed by atoms with van der Waals surface area (Å²) in [6.07, 6.45) is 1.02. The van der Waals surface area contributed by atoms with E-state index >= 15 is 0 Å². The zero-order chi connectivity index (χ0) is 18.8. The first-order valence-corrected chi connectivity index (χ1v) is 10.1. The van der Waals surface area contributed by atoms with Gasteiger partial charge in [0, 0.05) is 5.02 Å². The number of para-hydroxylation sites is 1. The van der Waals surface area contributed by atoms with Crippen LogP contribution in [0.3, 0.4) is 0 Å². The third kappa shape index (κ3) is 5.01. The summed E-state index contributed by atoms with van der Waals surface area (Å²) in [7, 11) is -3.70. The Kier molecular flexibility index (Phi) is 6.21. The van der Waals surface area contributed by atoms with E-state index in [1.54, 1.807) is 43.3 Å². The van der Waals surface area contributed by atoms with Crippen LogP contribution in [-0.2, 0) is 14.8 Å². The fraction of sp³-hybridized carbons (Fsp3) is 0.188. The normalized spacial score (nSPS) is 11.2. The van der Waals surface area contributed by atoms with E-state index in [1.807, 2.05) is 0 Å². The Morgan fingerprint density at radius 1 is 1.12 bits per heavy atom. The average Bonchev–Trinajstić information content (AvgIpc) is 2.48. The average molecular weight is 422 g/mol. The number of carbonyl (C=O) groups excluding carboxylic acids is 1. The Labute approximate surface area is 161 Å². The quantitative estimate of drug-likeness (QED) is 0.780. The monoisotopic (exact) mass is 420 g/mol. The van der Waals surface area contributed by atoms with Crippen LogP contribution in [0.15, 0.2) is 36.4 Å². The van der Waals surface area contributed by atoms with Crippen molar-refractivity contribution in [2.75, 3.05) is 22.4 Å². The second-order valence-electron chi connectivity index (χ2n) is 5.35.